The summed E-state index contributed by atoms with van der Waals surface area (Å²) in [7, 11) is -0.449. The van der Waals surface area contributed by atoms with Gasteiger partial charge in [0.25, 0.3) is 0 Å². The normalized spacial score (nSPS) is 20.1. The minimum atomic E-state index is -0.449. The summed E-state index contributed by atoms with van der Waals surface area (Å²) in [6.45, 7) is 9.94. The first kappa shape index (κ1) is 15.0. The van der Waals surface area contributed by atoms with Crippen LogP contribution in [0, 0.1) is 6.92 Å². The molecule has 6 heteroatoms. The largest absolute Gasteiger partial charge is 0.495 e. The van der Waals surface area contributed by atoms with Crippen LogP contribution >= 0.6 is 0 Å². The number of nitrogens with two attached hydrogens (primary N) is 1. The van der Waals surface area contributed by atoms with Gasteiger partial charge in [-0.3, -0.25) is 9.78 Å². The van der Waals surface area contributed by atoms with Crippen LogP contribution < -0.4 is 11.2 Å². The molecule has 1 saturated heterocycles. The quantitative estimate of drug-likeness (QED) is 0.825. The molecule has 1 aromatic heterocycles. The Morgan fingerprint density at radius 1 is 1.30 bits per heavy atom. The third kappa shape index (κ3) is 2.58. The lowest BCUT2D eigenvalue weighted by Crippen LogP contribution is -2.41. The van der Waals surface area contributed by atoms with Gasteiger partial charge in [0, 0.05) is 6.20 Å². The van der Waals surface area contributed by atoms with E-state index in [0.29, 0.717) is 5.69 Å². The van der Waals surface area contributed by atoms with Gasteiger partial charge in [0.05, 0.1) is 23.3 Å². The minimum Gasteiger partial charge on any atom is -0.399 e. The molecule has 2 N–H and O–H groups in total. The zero-order valence-electron chi connectivity index (χ0n) is 12.7. The molecular formula is C14H21BN2O3. The highest BCUT2D eigenvalue weighted by molar-refractivity contribution is 6.62. The SMILES string of the molecule is Cc1c(B2OC(C)(C)C(C)(C)O2)ccnc1CC(N)=O. The molecule has 20 heavy (non-hydrogen) atoms. The zero-order chi connectivity index (χ0) is 15.1. The molecule has 0 unspecified atom stereocenters. The molecule has 0 spiro atoms. The summed E-state index contributed by atoms with van der Waals surface area (Å²) in [6.07, 6.45) is 1.78. The summed E-state index contributed by atoms with van der Waals surface area (Å²) in [5.41, 5.74) is 6.92. The molecule has 1 fully saturated rings. The number of pyridine rings is 1. The van der Waals surface area contributed by atoms with Crippen LogP contribution in [-0.2, 0) is 20.5 Å². The molecule has 1 amide bonds. The standard InChI is InChI=1S/C14H21BN2O3/c1-9-10(6-7-17-11(9)8-12(16)18)15-19-13(2,3)14(4,5)20-15/h6-7H,8H2,1-5H3,(H2,16,18). The predicted octanol–water partition coefficient (Wildman–Crippen LogP) is 0.717. The number of hydrogen-bond donors (Lipinski definition) is 1. The van der Waals surface area contributed by atoms with Crippen molar-refractivity contribution < 1.29 is 14.1 Å². The number of hydrogen-bond acceptors (Lipinski definition) is 4. The maximum atomic E-state index is 11.1. The highest BCUT2D eigenvalue weighted by Crippen LogP contribution is 2.36. The van der Waals surface area contributed by atoms with Crippen LogP contribution in [0.5, 0.6) is 0 Å². The first-order valence-corrected chi connectivity index (χ1v) is 6.72. The number of carbonyl (C=O) groups excluding carboxylic acids is 1. The average Bonchev–Trinajstić information content (AvgIpc) is 2.50. The number of nitrogens with zero attached hydrogens (tertiary/aromatic N) is 1. The van der Waals surface area contributed by atoms with E-state index in [2.05, 4.69) is 4.98 Å². The second kappa shape index (κ2) is 4.86. The van der Waals surface area contributed by atoms with Crippen molar-refractivity contribution in [2.75, 3.05) is 0 Å². The molecule has 2 rings (SSSR count). The predicted molar refractivity (Wildman–Crippen MR) is 77.6 cm³/mol. The van der Waals surface area contributed by atoms with Crippen LogP contribution in [0.2, 0.25) is 0 Å². The molecule has 108 valence electrons. The Morgan fingerprint density at radius 2 is 1.85 bits per heavy atom. The van der Waals surface area contributed by atoms with Crippen LogP contribution in [0.25, 0.3) is 0 Å². The summed E-state index contributed by atoms with van der Waals surface area (Å²) in [4.78, 5) is 15.3. The molecule has 0 aliphatic carbocycles. The Kier molecular flexibility index (Phi) is 3.65. The highest BCUT2D eigenvalue weighted by atomic mass is 16.7. The number of carbonyl (C=O) groups is 1. The number of primary amides is 1. The number of aromatic nitrogens is 1. The first-order valence-electron chi connectivity index (χ1n) is 6.72. The van der Waals surface area contributed by atoms with Crippen LogP contribution in [0.15, 0.2) is 12.3 Å². The molecule has 0 bridgehead atoms. The second-order valence-corrected chi connectivity index (χ2v) is 6.20. The van der Waals surface area contributed by atoms with E-state index in [1.165, 1.54) is 0 Å². The van der Waals surface area contributed by atoms with Gasteiger partial charge in [-0.25, -0.2) is 0 Å². The average molecular weight is 276 g/mol. The third-order valence-corrected chi connectivity index (χ3v) is 4.20. The van der Waals surface area contributed by atoms with Crippen LogP contribution in [0.4, 0.5) is 0 Å². The second-order valence-electron chi connectivity index (χ2n) is 6.20. The molecule has 0 saturated carbocycles. The van der Waals surface area contributed by atoms with Gasteiger partial charge < -0.3 is 15.0 Å². The zero-order valence-corrected chi connectivity index (χ0v) is 12.7. The topological polar surface area (TPSA) is 74.4 Å². The van der Waals surface area contributed by atoms with Crippen molar-refractivity contribution in [1.82, 2.24) is 4.98 Å². The minimum absolute atomic E-state index is 0.124. The lowest BCUT2D eigenvalue weighted by molar-refractivity contribution is -0.117. The Bertz CT molecular complexity index is 527. The van der Waals surface area contributed by atoms with Crippen molar-refractivity contribution >= 4 is 18.5 Å². The van der Waals surface area contributed by atoms with E-state index in [4.69, 9.17) is 15.0 Å². The number of amides is 1. The molecule has 1 aromatic rings. The fourth-order valence-corrected chi connectivity index (χ4v) is 2.16. The summed E-state index contributed by atoms with van der Waals surface area (Å²) in [5.74, 6) is -0.397. The summed E-state index contributed by atoms with van der Waals surface area (Å²) >= 11 is 0. The maximum Gasteiger partial charge on any atom is 0.495 e. The van der Waals surface area contributed by atoms with Gasteiger partial charge in [0.1, 0.15) is 0 Å². The van der Waals surface area contributed by atoms with Crippen molar-refractivity contribution in [3.63, 3.8) is 0 Å². The first-order chi connectivity index (χ1) is 9.14. The van der Waals surface area contributed by atoms with Crippen LogP contribution in [-0.4, -0.2) is 29.2 Å². The summed E-state index contributed by atoms with van der Waals surface area (Å²) < 4.78 is 12.0. The van der Waals surface area contributed by atoms with Gasteiger partial charge in [-0.2, -0.15) is 0 Å². The van der Waals surface area contributed by atoms with Crippen molar-refractivity contribution in [2.24, 2.45) is 5.73 Å². The van der Waals surface area contributed by atoms with Gasteiger partial charge >= 0.3 is 7.12 Å². The molecule has 5 nitrogen and oxygen atoms in total. The van der Waals surface area contributed by atoms with E-state index in [1.807, 2.05) is 40.7 Å². The molecular weight excluding hydrogens is 255 g/mol. The molecule has 0 atom stereocenters. The van der Waals surface area contributed by atoms with E-state index < -0.39 is 24.2 Å². The smallest absolute Gasteiger partial charge is 0.399 e. The lowest BCUT2D eigenvalue weighted by Gasteiger charge is -2.32. The van der Waals surface area contributed by atoms with Gasteiger partial charge in [-0.15, -0.1) is 0 Å². The van der Waals surface area contributed by atoms with E-state index in [1.54, 1.807) is 6.20 Å². The lowest BCUT2D eigenvalue weighted by atomic mass is 9.76. The van der Waals surface area contributed by atoms with Crippen LogP contribution in [0.1, 0.15) is 39.0 Å². The Morgan fingerprint density at radius 3 is 2.35 bits per heavy atom. The monoisotopic (exact) mass is 276 g/mol. The number of rotatable bonds is 3. The summed E-state index contributed by atoms with van der Waals surface area (Å²) in [6, 6.07) is 1.86. The van der Waals surface area contributed by atoms with Crippen LogP contribution in [0.3, 0.4) is 0 Å². The fourth-order valence-electron chi connectivity index (χ4n) is 2.16. The van der Waals surface area contributed by atoms with Crippen molar-refractivity contribution in [3.05, 3.63) is 23.5 Å². The molecule has 0 radical (unpaired) electrons. The Hall–Kier alpha value is -1.40. The van der Waals surface area contributed by atoms with E-state index >= 15 is 0 Å². The van der Waals surface area contributed by atoms with Gasteiger partial charge in [0.2, 0.25) is 5.91 Å². The molecule has 1 aliphatic rings. The highest BCUT2D eigenvalue weighted by Gasteiger charge is 2.52. The van der Waals surface area contributed by atoms with Gasteiger partial charge in [0.15, 0.2) is 0 Å². The van der Waals surface area contributed by atoms with E-state index in [0.717, 1.165) is 11.0 Å². The van der Waals surface area contributed by atoms with Gasteiger partial charge in [-0.1, -0.05) is 0 Å². The third-order valence-electron chi connectivity index (χ3n) is 4.20. The summed E-state index contributed by atoms with van der Waals surface area (Å²) in [5, 5.41) is 0. The van der Waals surface area contributed by atoms with Crippen molar-refractivity contribution in [1.29, 1.82) is 0 Å². The maximum absolute atomic E-state index is 11.1. The van der Waals surface area contributed by atoms with E-state index in [9.17, 15) is 4.79 Å². The Balaban J connectivity index is 2.34. The molecule has 1 aliphatic heterocycles. The fraction of sp³-hybridized carbons (Fsp3) is 0.571. The van der Waals surface area contributed by atoms with Gasteiger partial charge in [-0.05, 0) is 51.7 Å². The Labute approximate surface area is 120 Å². The molecule has 2 heterocycles. The molecule has 0 aromatic carbocycles. The van der Waals surface area contributed by atoms with Crippen molar-refractivity contribution in [3.8, 4) is 0 Å². The van der Waals surface area contributed by atoms with E-state index in [-0.39, 0.29) is 6.42 Å². The van der Waals surface area contributed by atoms with Crippen molar-refractivity contribution in [2.45, 2.75) is 52.2 Å².